The van der Waals surface area contributed by atoms with E-state index in [1.54, 1.807) is 6.92 Å². The van der Waals surface area contributed by atoms with E-state index in [4.69, 9.17) is 14.5 Å². The van der Waals surface area contributed by atoms with Crippen LogP contribution >= 0.6 is 11.8 Å². The van der Waals surface area contributed by atoms with E-state index in [9.17, 15) is 14.4 Å². The fourth-order valence-corrected chi connectivity index (χ4v) is 6.64. The van der Waals surface area contributed by atoms with Crippen molar-refractivity contribution >= 4 is 34.8 Å². The van der Waals surface area contributed by atoms with Crippen LogP contribution in [0.25, 0.3) is 0 Å². The molecule has 5 rings (SSSR count). The predicted molar refractivity (Wildman–Crippen MR) is 163 cm³/mol. The van der Waals surface area contributed by atoms with E-state index in [2.05, 4.69) is 18.2 Å². The Hall–Kier alpha value is -3.85. The monoisotopic (exact) mass is 587 g/mol. The number of allylic oxidation sites excluding steroid dienone is 1. The van der Waals surface area contributed by atoms with Crippen molar-refractivity contribution in [2.24, 2.45) is 10.9 Å². The summed E-state index contributed by atoms with van der Waals surface area (Å²) in [7, 11) is 0. The molecule has 3 aliphatic rings. The highest BCUT2D eigenvalue weighted by Gasteiger charge is 2.42. The average Bonchev–Trinajstić information content (AvgIpc) is 3.38. The molecule has 1 fully saturated rings. The van der Waals surface area contributed by atoms with Gasteiger partial charge in [0.2, 0.25) is 5.91 Å². The van der Waals surface area contributed by atoms with Crippen LogP contribution in [-0.2, 0) is 30.5 Å². The number of amides is 1. The number of aliphatic imine (C=N–C) groups is 1. The van der Waals surface area contributed by atoms with Crippen molar-refractivity contribution in [3.63, 3.8) is 0 Å². The number of fused-ring (bicyclic) bond motifs is 1. The van der Waals surface area contributed by atoms with Gasteiger partial charge in [-0.3, -0.25) is 9.59 Å². The first kappa shape index (κ1) is 29.6. The molecular weight excluding hydrogens is 550 g/mol. The highest BCUT2D eigenvalue weighted by atomic mass is 32.2. The highest BCUT2D eigenvalue weighted by molar-refractivity contribution is 8.16. The first-order valence-corrected chi connectivity index (χ1v) is 15.3. The van der Waals surface area contributed by atoms with E-state index < -0.39 is 12.0 Å². The minimum atomic E-state index is -0.482. The van der Waals surface area contributed by atoms with Crippen LogP contribution in [0.4, 0.5) is 0 Å². The molecule has 2 aromatic carbocycles. The van der Waals surface area contributed by atoms with Gasteiger partial charge in [-0.25, -0.2) is 9.79 Å². The van der Waals surface area contributed by atoms with Crippen LogP contribution in [0, 0.1) is 19.8 Å². The number of nitrogens with zero attached hydrogens (tertiary/aromatic N) is 3. The second-order valence-corrected chi connectivity index (χ2v) is 11.7. The molecule has 1 saturated heterocycles. The zero-order valence-electron chi connectivity index (χ0n) is 24.6. The standard InChI is InChI=1S/C33H37N3O5S/c1-5-40-31(38)25-13-15-35(16-14-25)28(37)18-26-20-42-33-34-23(4)29(32(39)41-19-24-9-7-6-8-10-24)30(36(26)33)27-17-21(2)11-12-22(27)3/h6-12,17,20,25,30H,5,13-16,18-19H2,1-4H3/t30-/m0/s1. The summed E-state index contributed by atoms with van der Waals surface area (Å²) in [5.74, 6) is -0.778. The summed E-state index contributed by atoms with van der Waals surface area (Å²) in [4.78, 5) is 48.1. The maximum Gasteiger partial charge on any atom is 0.338 e. The Labute approximate surface area is 251 Å². The third-order valence-corrected chi connectivity index (χ3v) is 8.85. The lowest BCUT2D eigenvalue weighted by molar-refractivity contribution is -0.151. The van der Waals surface area contributed by atoms with E-state index in [-0.39, 0.29) is 30.8 Å². The first-order valence-electron chi connectivity index (χ1n) is 14.4. The molecule has 0 bridgehead atoms. The van der Waals surface area contributed by atoms with Gasteiger partial charge in [0.1, 0.15) is 6.61 Å². The van der Waals surface area contributed by atoms with Gasteiger partial charge in [-0.2, -0.15) is 0 Å². The topological polar surface area (TPSA) is 88.5 Å². The number of amidine groups is 1. The summed E-state index contributed by atoms with van der Waals surface area (Å²) in [5, 5.41) is 2.70. The number of rotatable bonds is 8. The Bertz CT molecular complexity index is 1460. The quantitative estimate of drug-likeness (QED) is 0.360. The number of ether oxygens (including phenoxy) is 2. The molecule has 9 heteroatoms. The van der Waals surface area contributed by atoms with Gasteiger partial charge in [0.15, 0.2) is 5.17 Å². The van der Waals surface area contributed by atoms with Crippen molar-refractivity contribution in [1.29, 1.82) is 0 Å². The number of carbonyl (C=O) groups excluding carboxylic acids is 3. The summed E-state index contributed by atoms with van der Waals surface area (Å²) in [6.07, 6.45) is 1.36. The molecule has 2 aromatic rings. The molecule has 42 heavy (non-hydrogen) atoms. The van der Waals surface area contributed by atoms with Crippen molar-refractivity contribution in [2.45, 2.75) is 59.6 Å². The molecule has 220 valence electrons. The Balaban J connectivity index is 1.39. The molecule has 3 aliphatic heterocycles. The van der Waals surface area contributed by atoms with Crippen LogP contribution in [0.2, 0.25) is 0 Å². The lowest BCUT2D eigenvalue weighted by atomic mass is 9.90. The highest BCUT2D eigenvalue weighted by Crippen LogP contribution is 2.46. The van der Waals surface area contributed by atoms with E-state index >= 15 is 0 Å². The second kappa shape index (κ2) is 13.0. The Kier molecular flexibility index (Phi) is 9.16. The number of likely N-dealkylation sites (tertiary alicyclic amines) is 1. The lowest BCUT2D eigenvalue weighted by Gasteiger charge is -2.38. The third kappa shape index (κ3) is 6.31. The largest absolute Gasteiger partial charge is 0.466 e. The number of benzene rings is 2. The maximum atomic E-state index is 13.7. The summed E-state index contributed by atoms with van der Waals surface area (Å²) in [5.41, 5.74) is 5.87. The molecule has 3 heterocycles. The summed E-state index contributed by atoms with van der Waals surface area (Å²) >= 11 is 1.46. The van der Waals surface area contributed by atoms with Crippen LogP contribution in [0.5, 0.6) is 0 Å². The summed E-state index contributed by atoms with van der Waals surface area (Å²) < 4.78 is 11.0. The minimum Gasteiger partial charge on any atom is -0.466 e. The molecule has 0 spiro atoms. The molecule has 8 nitrogen and oxygen atoms in total. The van der Waals surface area contributed by atoms with Gasteiger partial charge in [0.25, 0.3) is 0 Å². The number of hydrogen-bond acceptors (Lipinski definition) is 8. The van der Waals surface area contributed by atoms with Gasteiger partial charge in [-0.1, -0.05) is 65.9 Å². The molecule has 0 aromatic heterocycles. The Morgan fingerprint density at radius 1 is 1.00 bits per heavy atom. The van der Waals surface area contributed by atoms with Gasteiger partial charge in [-0.05, 0) is 62.6 Å². The smallest absolute Gasteiger partial charge is 0.338 e. The van der Waals surface area contributed by atoms with Gasteiger partial charge >= 0.3 is 11.9 Å². The van der Waals surface area contributed by atoms with Crippen LogP contribution in [0.1, 0.15) is 61.4 Å². The van der Waals surface area contributed by atoms with Crippen molar-refractivity contribution in [3.8, 4) is 0 Å². The van der Waals surface area contributed by atoms with Gasteiger partial charge in [-0.15, -0.1) is 0 Å². The molecule has 0 unspecified atom stereocenters. The molecule has 0 saturated carbocycles. The van der Waals surface area contributed by atoms with Crippen LogP contribution in [-0.4, -0.2) is 52.5 Å². The van der Waals surface area contributed by atoms with E-state index in [0.29, 0.717) is 43.8 Å². The van der Waals surface area contributed by atoms with E-state index in [1.165, 1.54) is 11.8 Å². The Morgan fingerprint density at radius 3 is 2.45 bits per heavy atom. The average molecular weight is 588 g/mol. The summed E-state index contributed by atoms with van der Waals surface area (Å²) in [6.45, 7) is 9.26. The van der Waals surface area contributed by atoms with Crippen molar-refractivity contribution in [3.05, 3.63) is 93.2 Å². The lowest BCUT2D eigenvalue weighted by Crippen LogP contribution is -2.42. The zero-order chi connectivity index (χ0) is 29.8. The SMILES string of the molecule is CCOC(=O)C1CCN(C(=O)CC2=CSC3=NC(C)=C(C(=O)OCc4ccccc4)[C@H](c4cc(C)ccc4C)N23)CC1. The molecule has 1 atom stereocenters. The number of hydrogen-bond donors (Lipinski definition) is 0. The van der Waals surface area contributed by atoms with Crippen molar-refractivity contribution < 1.29 is 23.9 Å². The number of piperidine rings is 1. The molecule has 0 aliphatic carbocycles. The van der Waals surface area contributed by atoms with Gasteiger partial charge in [0, 0.05) is 18.8 Å². The van der Waals surface area contributed by atoms with Gasteiger partial charge in [0.05, 0.1) is 36.3 Å². The molecule has 0 N–H and O–H groups in total. The zero-order valence-corrected chi connectivity index (χ0v) is 25.4. The first-order chi connectivity index (χ1) is 20.3. The molecule has 0 radical (unpaired) electrons. The number of thioether (sulfide) groups is 1. The van der Waals surface area contributed by atoms with Crippen LogP contribution in [0.15, 0.2) is 75.9 Å². The fraction of sp³-hybridized carbons (Fsp3) is 0.394. The van der Waals surface area contributed by atoms with E-state index in [0.717, 1.165) is 33.1 Å². The maximum absolute atomic E-state index is 13.7. The third-order valence-electron chi connectivity index (χ3n) is 7.96. The second-order valence-electron chi connectivity index (χ2n) is 10.9. The minimum absolute atomic E-state index is 0.00963. The normalized spacial score (nSPS) is 18.8. The predicted octanol–water partition coefficient (Wildman–Crippen LogP) is 5.81. The molecule has 1 amide bonds. The van der Waals surface area contributed by atoms with Crippen LogP contribution in [0.3, 0.4) is 0 Å². The van der Waals surface area contributed by atoms with Crippen molar-refractivity contribution in [1.82, 2.24) is 9.80 Å². The number of esters is 2. The number of carbonyl (C=O) groups is 3. The number of aryl methyl sites for hydroxylation is 2. The van der Waals surface area contributed by atoms with E-state index in [1.807, 2.05) is 66.3 Å². The molecular formula is C33H37N3O5S. The van der Waals surface area contributed by atoms with Crippen molar-refractivity contribution in [2.75, 3.05) is 19.7 Å². The summed E-state index contributed by atoms with van der Waals surface area (Å²) in [6, 6.07) is 15.3. The Morgan fingerprint density at radius 2 is 1.74 bits per heavy atom. The van der Waals surface area contributed by atoms with Gasteiger partial charge < -0.3 is 19.3 Å². The van der Waals surface area contributed by atoms with Crippen LogP contribution < -0.4 is 0 Å². The fourth-order valence-electron chi connectivity index (χ4n) is 5.67.